The molecule has 0 bridgehead atoms. The van der Waals surface area contributed by atoms with E-state index >= 15 is 0 Å². The zero-order valence-corrected chi connectivity index (χ0v) is 23.6. The molecule has 0 saturated carbocycles. The van der Waals surface area contributed by atoms with Crippen molar-refractivity contribution in [2.75, 3.05) is 42.7 Å². The van der Waals surface area contributed by atoms with Gasteiger partial charge < -0.3 is 28.4 Å². The third-order valence-electron chi connectivity index (χ3n) is 6.74. The number of ether oxygens (including phenoxy) is 6. The molecule has 3 aromatic carbocycles. The maximum absolute atomic E-state index is 5.70. The molecule has 2 aromatic heterocycles. The van der Waals surface area contributed by atoms with Crippen LogP contribution in [0.1, 0.15) is 5.69 Å². The lowest BCUT2D eigenvalue weighted by Gasteiger charge is -2.20. The summed E-state index contributed by atoms with van der Waals surface area (Å²) in [5, 5.41) is 5.01. The Morgan fingerprint density at radius 1 is 0.575 bits per heavy atom. The SMILES string of the molecule is COc1cc(-c2c(C)nc3cc(-c4ccccc4)nn3c2-c2cc(OC)c(OC)c(OC)c2)cc(OC)c1OC. The van der Waals surface area contributed by atoms with E-state index in [4.69, 9.17) is 38.5 Å². The second-order valence-corrected chi connectivity index (χ2v) is 8.91. The summed E-state index contributed by atoms with van der Waals surface area (Å²) in [6, 6.07) is 19.6. The minimum absolute atomic E-state index is 0.496. The van der Waals surface area contributed by atoms with E-state index < -0.39 is 0 Å². The van der Waals surface area contributed by atoms with Gasteiger partial charge in [-0.1, -0.05) is 30.3 Å². The van der Waals surface area contributed by atoms with Crippen LogP contribution in [0, 0.1) is 6.92 Å². The number of rotatable bonds is 9. The Morgan fingerprint density at radius 3 is 1.55 bits per heavy atom. The lowest BCUT2D eigenvalue weighted by Crippen LogP contribution is -2.05. The Balaban J connectivity index is 1.90. The van der Waals surface area contributed by atoms with Gasteiger partial charge in [0.05, 0.1) is 54.0 Å². The molecule has 0 amide bonds. The quantitative estimate of drug-likeness (QED) is 0.222. The van der Waals surface area contributed by atoms with Crippen LogP contribution < -0.4 is 28.4 Å². The average Bonchev–Trinajstić information content (AvgIpc) is 3.42. The van der Waals surface area contributed by atoms with Gasteiger partial charge in [-0.25, -0.2) is 9.50 Å². The van der Waals surface area contributed by atoms with Crippen molar-refractivity contribution >= 4 is 5.65 Å². The van der Waals surface area contributed by atoms with E-state index in [2.05, 4.69) is 0 Å². The number of benzene rings is 3. The van der Waals surface area contributed by atoms with Crippen LogP contribution in [0.2, 0.25) is 0 Å². The second-order valence-electron chi connectivity index (χ2n) is 8.91. The van der Waals surface area contributed by atoms with Crippen molar-refractivity contribution in [3.8, 4) is 68.1 Å². The fourth-order valence-electron chi connectivity index (χ4n) is 4.93. The van der Waals surface area contributed by atoms with E-state index in [1.165, 1.54) is 0 Å². The Hall–Kier alpha value is -4.92. The molecule has 0 saturated heterocycles. The number of aromatic nitrogens is 3. The van der Waals surface area contributed by atoms with Crippen molar-refractivity contribution in [2.45, 2.75) is 6.92 Å². The first-order valence-electron chi connectivity index (χ1n) is 12.5. The lowest BCUT2D eigenvalue weighted by molar-refractivity contribution is 0.324. The molecule has 5 aromatic rings. The first-order valence-corrected chi connectivity index (χ1v) is 12.5. The largest absolute Gasteiger partial charge is 0.493 e. The minimum atomic E-state index is 0.496. The van der Waals surface area contributed by atoms with Gasteiger partial charge in [-0.05, 0) is 36.8 Å². The van der Waals surface area contributed by atoms with Gasteiger partial charge >= 0.3 is 0 Å². The monoisotopic (exact) mass is 541 g/mol. The highest BCUT2D eigenvalue weighted by Gasteiger charge is 2.24. The van der Waals surface area contributed by atoms with E-state index in [1.54, 1.807) is 42.7 Å². The third kappa shape index (κ3) is 4.49. The van der Waals surface area contributed by atoms with Crippen LogP contribution in [0.25, 0.3) is 39.3 Å². The number of methoxy groups -OCH3 is 6. The zero-order chi connectivity index (χ0) is 28.4. The number of hydrogen-bond acceptors (Lipinski definition) is 8. The van der Waals surface area contributed by atoms with E-state index in [1.807, 2.05) is 72.1 Å². The Kier molecular flexibility index (Phi) is 7.37. The lowest BCUT2D eigenvalue weighted by atomic mass is 9.96. The molecule has 0 spiro atoms. The highest BCUT2D eigenvalue weighted by molar-refractivity contribution is 5.88. The van der Waals surface area contributed by atoms with E-state index in [0.29, 0.717) is 40.1 Å². The Bertz CT molecular complexity index is 1630. The minimum Gasteiger partial charge on any atom is -0.493 e. The van der Waals surface area contributed by atoms with E-state index in [9.17, 15) is 0 Å². The molecule has 0 aliphatic carbocycles. The Labute approximate surface area is 232 Å². The first kappa shape index (κ1) is 26.7. The fourth-order valence-corrected chi connectivity index (χ4v) is 4.93. The van der Waals surface area contributed by atoms with E-state index in [-0.39, 0.29) is 0 Å². The number of nitrogens with zero attached hydrogens (tertiary/aromatic N) is 3. The molecule has 40 heavy (non-hydrogen) atoms. The molecule has 206 valence electrons. The summed E-state index contributed by atoms with van der Waals surface area (Å²) in [5.41, 5.74) is 6.45. The van der Waals surface area contributed by atoms with E-state index in [0.717, 1.165) is 39.3 Å². The topological polar surface area (TPSA) is 85.6 Å². The molecular weight excluding hydrogens is 510 g/mol. The van der Waals surface area contributed by atoms with Gasteiger partial charge in [-0.3, -0.25) is 0 Å². The molecule has 9 nitrogen and oxygen atoms in total. The van der Waals surface area contributed by atoms with Crippen LogP contribution in [0.4, 0.5) is 0 Å². The van der Waals surface area contributed by atoms with Gasteiger partial charge in [0.1, 0.15) is 0 Å². The Morgan fingerprint density at radius 2 is 1.07 bits per heavy atom. The van der Waals surface area contributed by atoms with Gasteiger partial charge in [0.15, 0.2) is 28.6 Å². The van der Waals surface area contributed by atoms with Crippen LogP contribution in [-0.2, 0) is 0 Å². The maximum atomic E-state index is 5.70. The van der Waals surface area contributed by atoms with Crippen LogP contribution in [0.3, 0.4) is 0 Å². The van der Waals surface area contributed by atoms with Crippen LogP contribution in [-0.4, -0.2) is 57.3 Å². The third-order valence-corrected chi connectivity index (χ3v) is 6.74. The van der Waals surface area contributed by atoms with Crippen molar-refractivity contribution in [1.82, 2.24) is 14.6 Å². The van der Waals surface area contributed by atoms with Crippen molar-refractivity contribution in [1.29, 1.82) is 0 Å². The van der Waals surface area contributed by atoms with Crippen molar-refractivity contribution in [3.05, 3.63) is 66.4 Å². The molecule has 9 heteroatoms. The smallest absolute Gasteiger partial charge is 0.203 e. The van der Waals surface area contributed by atoms with Gasteiger partial charge in [0, 0.05) is 28.5 Å². The number of aryl methyl sites for hydroxylation is 1. The molecule has 0 aliphatic rings. The number of hydrogen-bond donors (Lipinski definition) is 0. The van der Waals surface area contributed by atoms with Gasteiger partial charge in [0.25, 0.3) is 0 Å². The van der Waals surface area contributed by atoms with Crippen LogP contribution >= 0.6 is 0 Å². The standard InChI is InChI=1S/C31H31N3O6/c1-18-28(20-13-23(35-2)30(39-6)24(14-20)36-3)29(21-15-25(37-4)31(40-7)26(16-21)38-5)34-27(32-18)17-22(33-34)19-11-9-8-10-12-19/h8-17H,1-7H3. The highest BCUT2D eigenvalue weighted by atomic mass is 16.5. The predicted molar refractivity (Wildman–Crippen MR) is 153 cm³/mol. The van der Waals surface area contributed by atoms with Crippen molar-refractivity contribution < 1.29 is 28.4 Å². The molecule has 2 heterocycles. The van der Waals surface area contributed by atoms with Crippen molar-refractivity contribution in [2.24, 2.45) is 0 Å². The number of fused-ring (bicyclic) bond motifs is 1. The second kappa shape index (κ2) is 11.1. The molecule has 0 aliphatic heterocycles. The zero-order valence-electron chi connectivity index (χ0n) is 23.6. The molecule has 0 N–H and O–H groups in total. The van der Waals surface area contributed by atoms with Gasteiger partial charge in [-0.15, -0.1) is 0 Å². The molecule has 5 rings (SSSR count). The summed E-state index contributed by atoms with van der Waals surface area (Å²) >= 11 is 0. The summed E-state index contributed by atoms with van der Waals surface area (Å²) in [6.07, 6.45) is 0. The molecule has 0 radical (unpaired) electrons. The summed E-state index contributed by atoms with van der Waals surface area (Å²) < 4.78 is 35.8. The van der Waals surface area contributed by atoms with Gasteiger partial charge in [0.2, 0.25) is 11.5 Å². The summed E-state index contributed by atoms with van der Waals surface area (Å²) in [4.78, 5) is 4.96. The first-order chi connectivity index (χ1) is 19.5. The van der Waals surface area contributed by atoms with Crippen LogP contribution in [0.5, 0.6) is 34.5 Å². The maximum Gasteiger partial charge on any atom is 0.203 e. The van der Waals surface area contributed by atoms with Gasteiger partial charge in [-0.2, -0.15) is 5.10 Å². The normalized spacial score (nSPS) is 10.9. The predicted octanol–water partition coefficient (Wildman–Crippen LogP) is 6.09. The molecule has 0 fully saturated rings. The van der Waals surface area contributed by atoms with Crippen molar-refractivity contribution in [3.63, 3.8) is 0 Å². The summed E-state index contributed by atoms with van der Waals surface area (Å²) in [6.45, 7) is 1.97. The molecular formula is C31H31N3O6. The fraction of sp³-hybridized carbons (Fsp3) is 0.226. The molecule has 0 unspecified atom stereocenters. The average molecular weight is 542 g/mol. The molecule has 0 atom stereocenters. The van der Waals surface area contributed by atoms with Crippen LogP contribution in [0.15, 0.2) is 60.7 Å². The summed E-state index contributed by atoms with van der Waals surface area (Å²) in [5.74, 6) is 3.09. The highest BCUT2D eigenvalue weighted by Crippen LogP contribution is 2.47. The summed E-state index contributed by atoms with van der Waals surface area (Å²) in [7, 11) is 9.53.